The van der Waals surface area contributed by atoms with E-state index in [0.717, 1.165) is 17.1 Å². The van der Waals surface area contributed by atoms with E-state index in [-0.39, 0.29) is 5.12 Å². The zero-order valence-corrected chi connectivity index (χ0v) is 11.3. The second-order valence-corrected chi connectivity index (χ2v) is 6.77. The molecule has 15 heavy (non-hydrogen) atoms. The van der Waals surface area contributed by atoms with Gasteiger partial charge in [0.2, 0.25) is 0 Å². The van der Waals surface area contributed by atoms with E-state index >= 15 is 0 Å². The second-order valence-electron chi connectivity index (χ2n) is 5.15. The molecule has 3 atom stereocenters. The Balaban J connectivity index is 2.50. The number of rotatable bonds is 3. The summed E-state index contributed by atoms with van der Waals surface area (Å²) in [7, 11) is 2.35. The van der Waals surface area contributed by atoms with E-state index in [2.05, 4.69) is 20.9 Å². The lowest BCUT2D eigenvalue weighted by Crippen LogP contribution is -2.56. The van der Waals surface area contributed by atoms with Gasteiger partial charge in [0.15, 0.2) is 5.12 Å². The van der Waals surface area contributed by atoms with Crippen LogP contribution >= 0.6 is 11.8 Å². The molecular weight excluding hydrogens is 206 g/mol. The Morgan fingerprint density at radius 2 is 2.20 bits per heavy atom. The third-order valence-electron chi connectivity index (χ3n) is 3.65. The summed E-state index contributed by atoms with van der Waals surface area (Å²) in [5.41, 5.74) is 0. The number of quaternary nitrogens is 1. The molecule has 2 nitrogen and oxygen atoms in total. The van der Waals surface area contributed by atoms with Gasteiger partial charge in [-0.3, -0.25) is 4.79 Å². The highest BCUT2D eigenvalue weighted by atomic mass is 32.2. The fourth-order valence-corrected chi connectivity index (χ4v) is 3.61. The Morgan fingerprint density at radius 1 is 1.53 bits per heavy atom. The van der Waals surface area contributed by atoms with Crippen molar-refractivity contribution in [1.29, 1.82) is 0 Å². The summed E-state index contributed by atoms with van der Waals surface area (Å²) >= 11 is 1.49. The predicted octanol–water partition coefficient (Wildman–Crippen LogP) is 2.67. The molecule has 88 valence electrons. The smallest absolute Gasteiger partial charge is 0.186 e. The predicted molar refractivity (Wildman–Crippen MR) is 67.0 cm³/mol. The van der Waals surface area contributed by atoms with Gasteiger partial charge in [-0.25, -0.2) is 0 Å². The number of likely N-dealkylation sites (tertiary alicyclic amines) is 1. The summed E-state index contributed by atoms with van der Waals surface area (Å²) in [6.07, 6.45) is 4.06. The second kappa shape index (κ2) is 5.35. The molecule has 3 unspecified atom stereocenters. The molecule has 0 spiro atoms. The van der Waals surface area contributed by atoms with Gasteiger partial charge in [0.25, 0.3) is 0 Å². The molecule has 1 aliphatic heterocycles. The van der Waals surface area contributed by atoms with Crippen molar-refractivity contribution in [3.8, 4) is 0 Å². The minimum atomic E-state index is 0.249. The molecule has 0 bridgehead atoms. The molecule has 0 aromatic carbocycles. The van der Waals surface area contributed by atoms with Crippen LogP contribution < -0.4 is 0 Å². The molecule has 0 radical (unpaired) electrons. The SMILES string of the molecule is CC(=O)SC(C)C[N+]1(C)CCCCC1C. The molecule has 0 amide bonds. The molecule has 0 aliphatic carbocycles. The first-order valence-corrected chi connectivity index (χ1v) is 6.83. The van der Waals surface area contributed by atoms with Crippen LogP contribution in [0.25, 0.3) is 0 Å². The van der Waals surface area contributed by atoms with Crippen molar-refractivity contribution in [3.05, 3.63) is 0 Å². The van der Waals surface area contributed by atoms with Crippen LogP contribution in [0.4, 0.5) is 0 Å². The quantitative estimate of drug-likeness (QED) is 0.693. The monoisotopic (exact) mass is 230 g/mol. The lowest BCUT2D eigenvalue weighted by Gasteiger charge is -2.44. The first-order valence-electron chi connectivity index (χ1n) is 5.95. The highest BCUT2D eigenvalue weighted by Gasteiger charge is 2.33. The summed E-state index contributed by atoms with van der Waals surface area (Å²) in [6, 6.07) is 0.758. The summed E-state index contributed by atoms with van der Waals surface area (Å²) in [6.45, 7) is 8.61. The number of thioether (sulfide) groups is 1. The molecule has 1 heterocycles. The molecule has 1 saturated heterocycles. The van der Waals surface area contributed by atoms with Crippen LogP contribution in [0.1, 0.15) is 40.0 Å². The molecule has 1 rings (SSSR count). The number of hydrogen-bond donors (Lipinski definition) is 0. The molecule has 1 fully saturated rings. The van der Waals surface area contributed by atoms with Crippen LogP contribution in [0, 0.1) is 0 Å². The summed E-state index contributed by atoms with van der Waals surface area (Å²) in [4.78, 5) is 11.0. The molecule has 0 saturated carbocycles. The number of carbonyl (C=O) groups excluding carboxylic acids is 1. The Labute approximate surface area is 98.0 Å². The Kier molecular flexibility index (Phi) is 4.65. The van der Waals surface area contributed by atoms with Crippen molar-refractivity contribution >= 4 is 16.9 Å². The van der Waals surface area contributed by atoms with E-state index in [0.29, 0.717) is 5.25 Å². The van der Waals surface area contributed by atoms with Crippen LogP contribution in [-0.2, 0) is 4.79 Å². The van der Waals surface area contributed by atoms with E-state index in [4.69, 9.17) is 0 Å². The van der Waals surface area contributed by atoms with E-state index in [1.54, 1.807) is 6.92 Å². The van der Waals surface area contributed by atoms with Crippen LogP contribution in [0.5, 0.6) is 0 Å². The van der Waals surface area contributed by atoms with Gasteiger partial charge >= 0.3 is 0 Å². The normalized spacial score (nSPS) is 33.7. The van der Waals surface area contributed by atoms with E-state index < -0.39 is 0 Å². The summed E-state index contributed by atoms with van der Waals surface area (Å²) in [5.74, 6) is 0. The Morgan fingerprint density at radius 3 is 2.73 bits per heavy atom. The fraction of sp³-hybridized carbons (Fsp3) is 0.917. The highest BCUT2D eigenvalue weighted by Crippen LogP contribution is 2.26. The minimum Gasteiger partial charge on any atom is -0.323 e. The van der Waals surface area contributed by atoms with Crippen LogP contribution in [-0.4, -0.2) is 41.0 Å². The molecule has 1 aliphatic rings. The van der Waals surface area contributed by atoms with Crippen LogP contribution in [0.3, 0.4) is 0 Å². The number of carbonyl (C=O) groups is 1. The first-order chi connectivity index (χ1) is 6.94. The van der Waals surface area contributed by atoms with Gasteiger partial charge in [0.1, 0.15) is 0 Å². The van der Waals surface area contributed by atoms with E-state index in [1.165, 1.54) is 37.6 Å². The van der Waals surface area contributed by atoms with Crippen molar-refractivity contribution < 1.29 is 9.28 Å². The summed E-state index contributed by atoms with van der Waals surface area (Å²) < 4.78 is 1.15. The van der Waals surface area contributed by atoms with Gasteiger partial charge in [-0.05, 0) is 33.1 Å². The maximum atomic E-state index is 11.0. The van der Waals surface area contributed by atoms with Crippen molar-refractivity contribution in [2.24, 2.45) is 0 Å². The molecule has 0 N–H and O–H groups in total. The van der Waals surface area contributed by atoms with Crippen molar-refractivity contribution in [3.63, 3.8) is 0 Å². The number of nitrogens with zero attached hydrogens (tertiary/aromatic N) is 1. The molecule has 3 heteroatoms. The lowest BCUT2D eigenvalue weighted by molar-refractivity contribution is -0.935. The zero-order valence-electron chi connectivity index (χ0n) is 10.5. The molecule has 0 aromatic rings. The van der Waals surface area contributed by atoms with E-state index in [1.807, 2.05) is 0 Å². The van der Waals surface area contributed by atoms with Gasteiger partial charge in [-0.2, -0.15) is 0 Å². The van der Waals surface area contributed by atoms with Gasteiger partial charge in [-0.1, -0.05) is 11.8 Å². The third-order valence-corrected chi connectivity index (χ3v) is 4.53. The van der Waals surface area contributed by atoms with Crippen molar-refractivity contribution in [1.82, 2.24) is 0 Å². The Hall–Kier alpha value is -0.0200. The van der Waals surface area contributed by atoms with Gasteiger partial charge in [0, 0.05) is 6.92 Å². The largest absolute Gasteiger partial charge is 0.323 e. The van der Waals surface area contributed by atoms with Gasteiger partial charge < -0.3 is 4.48 Å². The maximum Gasteiger partial charge on any atom is 0.186 e. The summed E-state index contributed by atoms with van der Waals surface area (Å²) in [5, 5.41) is 0.701. The number of piperidine rings is 1. The standard InChI is InChI=1S/C12H24NOS/c1-10-7-5-6-8-13(10,4)9-11(2)15-12(3)14/h10-11H,5-9H2,1-4H3/q+1. The highest BCUT2D eigenvalue weighted by molar-refractivity contribution is 8.14. The Bertz CT molecular complexity index is 232. The number of hydrogen-bond acceptors (Lipinski definition) is 2. The third kappa shape index (κ3) is 3.80. The van der Waals surface area contributed by atoms with Crippen LogP contribution in [0.2, 0.25) is 0 Å². The van der Waals surface area contributed by atoms with E-state index in [9.17, 15) is 4.79 Å². The minimum absolute atomic E-state index is 0.249. The lowest BCUT2D eigenvalue weighted by atomic mass is 10.0. The zero-order chi connectivity index (χ0) is 11.5. The molecule has 0 aromatic heterocycles. The average molecular weight is 230 g/mol. The molecular formula is C12H24NOS+. The van der Waals surface area contributed by atoms with Crippen molar-refractivity contribution in [2.75, 3.05) is 20.1 Å². The van der Waals surface area contributed by atoms with Gasteiger partial charge in [0.05, 0.1) is 31.4 Å². The van der Waals surface area contributed by atoms with Gasteiger partial charge in [-0.15, -0.1) is 0 Å². The first kappa shape index (κ1) is 13.0. The fourth-order valence-electron chi connectivity index (χ4n) is 2.62. The maximum absolute atomic E-state index is 11.0. The topological polar surface area (TPSA) is 17.1 Å². The van der Waals surface area contributed by atoms with Crippen molar-refractivity contribution in [2.45, 2.75) is 51.3 Å². The average Bonchev–Trinajstić information content (AvgIpc) is 2.08. The van der Waals surface area contributed by atoms with Crippen LogP contribution in [0.15, 0.2) is 0 Å².